The molecule has 0 spiro atoms. The number of halogens is 1. The van der Waals surface area contributed by atoms with E-state index in [0.717, 1.165) is 22.3 Å². The average molecular weight is 237 g/mol. The van der Waals surface area contributed by atoms with Gasteiger partial charge in [-0.05, 0) is 62.4 Å². The molecule has 0 radical (unpaired) electrons. The molecule has 1 saturated carbocycles. The van der Waals surface area contributed by atoms with Crippen LogP contribution in [0.3, 0.4) is 0 Å². The van der Waals surface area contributed by atoms with Crippen molar-refractivity contribution in [2.45, 2.75) is 26.7 Å². The Bertz CT molecular complexity index is 388. The van der Waals surface area contributed by atoms with Crippen molar-refractivity contribution in [3.63, 3.8) is 0 Å². The summed E-state index contributed by atoms with van der Waals surface area (Å²) >= 11 is 5.89. The van der Waals surface area contributed by atoms with E-state index in [1.807, 2.05) is 31.2 Å². The van der Waals surface area contributed by atoms with Gasteiger partial charge in [-0.25, -0.2) is 0 Å². The molecule has 0 atom stereocenters. The van der Waals surface area contributed by atoms with Crippen LogP contribution in [0.2, 0.25) is 5.02 Å². The average Bonchev–Trinajstić information content (AvgIpc) is 3.10. The second kappa shape index (κ2) is 4.92. The maximum absolute atomic E-state index is 5.89. The Kier molecular flexibility index (Phi) is 3.55. The molecule has 0 aliphatic heterocycles. The standard InChI is InChI=1S/C14H17ClO/c1-3-16-14(10(2)11-4-5-11)12-6-8-13(15)9-7-12/h6-9,11H,3-5H2,1-2H3. The summed E-state index contributed by atoms with van der Waals surface area (Å²) in [4.78, 5) is 0. The Morgan fingerprint density at radius 1 is 1.31 bits per heavy atom. The van der Waals surface area contributed by atoms with Crippen LogP contribution in [0.4, 0.5) is 0 Å². The molecular weight excluding hydrogens is 220 g/mol. The van der Waals surface area contributed by atoms with Crippen LogP contribution < -0.4 is 0 Å². The highest BCUT2D eigenvalue weighted by atomic mass is 35.5. The van der Waals surface area contributed by atoms with Crippen LogP contribution in [-0.2, 0) is 4.74 Å². The van der Waals surface area contributed by atoms with Gasteiger partial charge in [0.25, 0.3) is 0 Å². The van der Waals surface area contributed by atoms with Crippen LogP contribution >= 0.6 is 11.6 Å². The molecule has 0 heterocycles. The molecule has 2 heteroatoms. The van der Waals surface area contributed by atoms with Gasteiger partial charge in [0.15, 0.2) is 0 Å². The number of hydrogen-bond acceptors (Lipinski definition) is 1. The SMILES string of the molecule is CCOC(=C(C)C1CC1)c1ccc(Cl)cc1. The number of rotatable bonds is 4. The Balaban J connectivity index is 2.31. The lowest BCUT2D eigenvalue weighted by Crippen LogP contribution is -1.96. The zero-order valence-corrected chi connectivity index (χ0v) is 10.6. The Morgan fingerprint density at radius 2 is 1.94 bits per heavy atom. The summed E-state index contributed by atoms with van der Waals surface area (Å²) < 4.78 is 5.77. The van der Waals surface area contributed by atoms with Crippen molar-refractivity contribution in [2.24, 2.45) is 5.92 Å². The van der Waals surface area contributed by atoms with E-state index in [1.165, 1.54) is 18.4 Å². The van der Waals surface area contributed by atoms with Crippen molar-refractivity contribution >= 4 is 17.4 Å². The lowest BCUT2D eigenvalue weighted by Gasteiger charge is -2.13. The number of hydrogen-bond donors (Lipinski definition) is 0. The molecule has 2 rings (SSSR count). The smallest absolute Gasteiger partial charge is 0.125 e. The molecule has 1 aliphatic rings. The molecule has 0 N–H and O–H groups in total. The van der Waals surface area contributed by atoms with Crippen LogP contribution in [0.1, 0.15) is 32.3 Å². The van der Waals surface area contributed by atoms with Crippen LogP contribution in [0.15, 0.2) is 29.8 Å². The third-order valence-corrected chi connectivity index (χ3v) is 3.19. The lowest BCUT2D eigenvalue weighted by molar-refractivity contribution is 0.294. The summed E-state index contributed by atoms with van der Waals surface area (Å²) in [5.74, 6) is 1.78. The van der Waals surface area contributed by atoms with Gasteiger partial charge in [-0.15, -0.1) is 0 Å². The molecule has 1 nitrogen and oxygen atoms in total. The topological polar surface area (TPSA) is 9.23 Å². The molecule has 1 aromatic rings. The fourth-order valence-corrected chi connectivity index (χ4v) is 2.00. The fourth-order valence-electron chi connectivity index (χ4n) is 1.87. The van der Waals surface area contributed by atoms with Gasteiger partial charge in [-0.1, -0.05) is 11.6 Å². The summed E-state index contributed by atoms with van der Waals surface area (Å²) in [6.45, 7) is 4.91. The normalized spacial score (nSPS) is 16.9. The van der Waals surface area contributed by atoms with Gasteiger partial charge in [0.2, 0.25) is 0 Å². The molecule has 0 amide bonds. The van der Waals surface area contributed by atoms with E-state index in [4.69, 9.17) is 16.3 Å². The minimum absolute atomic E-state index is 0.710. The second-order valence-electron chi connectivity index (χ2n) is 4.23. The molecule has 86 valence electrons. The molecule has 0 saturated heterocycles. The molecule has 0 unspecified atom stereocenters. The first-order chi connectivity index (χ1) is 7.72. The van der Waals surface area contributed by atoms with Crippen molar-refractivity contribution in [3.8, 4) is 0 Å². The van der Waals surface area contributed by atoms with Crippen molar-refractivity contribution in [2.75, 3.05) is 6.61 Å². The van der Waals surface area contributed by atoms with Crippen molar-refractivity contribution in [3.05, 3.63) is 40.4 Å². The van der Waals surface area contributed by atoms with Crippen LogP contribution in [-0.4, -0.2) is 6.61 Å². The van der Waals surface area contributed by atoms with Crippen molar-refractivity contribution < 1.29 is 4.74 Å². The number of ether oxygens (including phenoxy) is 1. The van der Waals surface area contributed by atoms with Gasteiger partial charge in [0, 0.05) is 10.6 Å². The minimum atomic E-state index is 0.710. The van der Waals surface area contributed by atoms with E-state index in [-0.39, 0.29) is 0 Å². The van der Waals surface area contributed by atoms with Crippen LogP contribution in [0, 0.1) is 5.92 Å². The van der Waals surface area contributed by atoms with Crippen LogP contribution in [0.25, 0.3) is 5.76 Å². The first-order valence-electron chi connectivity index (χ1n) is 5.82. The monoisotopic (exact) mass is 236 g/mol. The van der Waals surface area contributed by atoms with Gasteiger partial charge in [0.1, 0.15) is 5.76 Å². The molecule has 0 bridgehead atoms. The highest BCUT2D eigenvalue weighted by Gasteiger charge is 2.26. The van der Waals surface area contributed by atoms with E-state index in [0.29, 0.717) is 6.61 Å². The largest absolute Gasteiger partial charge is 0.493 e. The quantitative estimate of drug-likeness (QED) is 0.699. The predicted octanol–water partition coefficient (Wildman–Crippen LogP) is 4.52. The highest BCUT2D eigenvalue weighted by Crippen LogP contribution is 2.40. The Hall–Kier alpha value is -0.950. The highest BCUT2D eigenvalue weighted by molar-refractivity contribution is 6.30. The summed E-state index contributed by atoms with van der Waals surface area (Å²) in [6.07, 6.45) is 2.60. The van der Waals surface area contributed by atoms with E-state index >= 15 is 0 Å². The van der Waals surface area contributed by atoms with Crippen molar-refractivity contribution in [1.82, 2.24) is 0 Å². The fraction of sp³-hybridized carbons (Fsp3) is 0.429. The van der Waals surface area contributed by atoms with Gasteiger partial charge >= 0.3 is 0 Å². The van der Waals surface area contributed by atoms with E-state index < -0.39 is 0 Å². The molecule has 1 aromatic carbocycles. The first kappa shape index (κ1) is 11.5. The third kappa shape index (κ3) is 2.59. The summed E-state index contributed by atoms with van der Waals surface area (Å²) in [7, 11) is 0. The molecule has 1 fully saturated rings. The summed E-state index contributed by atoms with van der Waals surface area (Å²) in [6, 6.07) is 7.88. The van der Waals surface area contributed by atoms with Gasteiger partial charge < -0.3 is 4.74 Å². The van der Waals surface area contributed by atoms with Gasteiger partial charge in [-0.3, -0.25) is 0 Å². The number of allylic oxidation sites excluding steroid dienone is 1. The molecule has 0 aromatic heterocycles. The first-order valence-corrected chi connectivity index (χ1v) is 6.19. The maximum atomic E-state index is 5.89. The maximum Gasteiger partial charge on any atom is 0.125 e. The van der Waals surface area contributed by atoms with E-state index in [2.05, 4.69) is 6.92 Å². The lowest BCUT2D eigenvalue weighted by atomic mass is 10.1. The predicted molar refractivity (Wildman–Crippen MR) is 68.4 cm³/mol. The minimum Gasteiger partial charge on any atom is -0.493 e. The van der Waals surface area contributed by atoms with Gasteiger partial charge in [-0.2, -0.15) is 0 Å². The zero-order valence-electron chi connectivity index (χ0n) is 9.79. The number of benzene rings is 1. The Morgan fingerprint density at radius 3 is 2.44 bits per heavy atom. The van der Waals surface area contributed by atoms with Crippen LogP contribution in [0.5, 0.6) is 0 Å². The molecular formula is C14H17ClO. The summed E-state index contributed by atoms with van der Waals surface area (Å²) in [5.41, 5.74) is 2.51. The van der Waals surface area contributed by atoms with Crippen molar-refractivity contribution in [1.29, 1.82) is 0 Å². The van der Waals surface area contributed by atoms with Gasteiger partial charge in [0.05, 0.1) is 6.61 Å². The summed E-state index contributed by atoms with van der Waals surface area (Å²) in [5, 5.41) is 0.767. The zero-order chi connectivity index (χ0) is 11.5. The third-order valence-electron chi connectivity index (χ3n) is 2.94. The second-order valence-corrected chi connectivity index (χ2v) is 4.66. The molecule has 16 heavy (non-hydrogen) atoms. The molecule has 1 aliphatic carbocycles. The Labute approximate surface area is 102 Å². The van der Waals surface area contributed by atoms with E-state index in [1.54, 1.807) is 0 Å². The van der Waals surface area contributed by atoms with E-state index in [9.17, 15) is 0 Å².